The molecule has 1 aliphatic heterocycles. The van der Waals surface area contributed by atoms with Crippen LogP contribution in [0.25, 0.3) is 0 Å². The van der Waals surface area contributed by atoms with Crippen molar-refractivity contribution in [1.29, 1.82) is 5.26 Å². The molecule has 2 fully saturated rings. The summed E-state index contributed by atoms with van der Waals surface area (Å²) in [5, 5.41) is 9.31. The molecule has 2 rings (SSSR count). The molecule has 1 aliphatic carbocycles. The van der Waals surface area contributed by atoms with Crippen LogP contribution in [0, 0.1) is 34.5 Å². The zero-order chi connectivity index (χ0) is 15.8. The summed E-state index contributed by atoms with van der Waals surface area (Å²) >= 11 is 0. The number of rotatable bonds is 4. The highest BCUT2D eigenvalue weighted by atomic mass is 16.2. The topological polar surface area (TPSA) is 61.2 Å². The molecule has 1 heterocycles. The van der Waals surface area contributed by atoms with Gasteiger partial charge >= 0.3 is 0 Å². The number of carbonyl (C=O) groups excluding carboxylic acids is 2. The molecule has 0 N–H and O–H groups in total. The van der Waals surface area contributed by atoms with Crippen molar-refractivity contribution >= 4 is 11.7 Å². The standard InChI is InChI=1S/C17H24N2O2/c1-11(2)9-13-14(17(13,3)4)15(20)12(10-18)16(21)19-7-5-6-8-19/h9,12-14H,5-8H2,1-4H3. The Morgan fingerprint density at radius 3 is 2.33 bits per heavy atom. The van der Waals surface area contributed by atoms with Crippen LogP contribution in [0.2, 0.25) is 0 Å². The summed E-state index contributed by atoms with van der Waals surface area (Å²) in [5.41, 5.74) is 1.03. The lowest BCUT2D eigenvalue weighted by molar-refractivity contribution is -0.138. The number of carbonyl (C=O) groups is 2. The second kappa shape index (κ2) is 5.63. The average molecular weight is 288 g/mol. The number of nitrogens with zero attached hydrogens (tertiary/aromatic N) is 2. The first-order valence-electron chi connectivity index (χ1n) is 7.68. The molecule has 4 heteroatoms. The van der Waals surface area contributed by atoms with Crippen LogP contribution in [0.15, 0.2) is 11.6 Å². The van der Waals surface area contributed by atoms with Crippen molar-refractivity contribution in [2.24, 2.45) is 23.2 Å². The first kappa shape index (κ1) is 15.8. The van der Waals surface area contributed by atoms with E-state index >= 15 is 0 Å². The summed E-state index contributed by atoms with van der Waals surface area (Å²) in [6, 6.07) is 1.95. The minimum Gasteiger partial charge on any atom is -0.341 e. The minimum absolute atomic E-state index is 0.144. The highest BCUT2D eigenvalue weighted by molar-refractivity contribution is 6.06. The maximum Gasteiger partial charge on any atom is 0.247 e. The lowest BCUT2D eigenvalue weighted by Crippen LogP contribution is -2.38. The Balaban J connectivity index is 2.13. The van der Waals surface area contributed by atoms with Gasteiger partial charge in [-0.3, -0.25) is 9.59 Å². The Hall–Kier alpha value is -1.63. The zero-order valence-corrected chi connectivity index (χ0v) is 13.3. The summed E-state index contributed by atoms with van der Waals surface area (Å²) in [7, 11) is 0. The molecular formula is C17H24N2O2. The van der Waals surface area contributed by atoms with E-state index in [2.05, 4.69) is 6.08 Å². The third kappa shape index (κ3) is 2.88. The Morgan fingerprint density at radius 2 is 1.86 bits per heavy atom. The molecular weight excluding hydrogens is 264 g/mol. The summed E-state index contributed by atoms with van der Waals surface area (Å²) in [4.78, 5) is 26.7. The fourth-order valence-corrected chi connectivity index (χ4v) is 3.43. The number of Topliss-reactive ketones (excluding diaryl/α,β-unsaturated/α-hetero) is 1. The SMILES string of the molecule is CC(C)=CC1C(C(=O)C(C#N)C(=O)N2CCCC2)C1(C)C. The van der Waals surface area contributed by atoms with Gasteiger partial charge in [0.1, 0.15) is 0 Å². The quantitative estimate of drug-likeness (QED) is 0.590. The van der Waals surface area contributed by atoms with Crippen molar-refractivity contribution in [2.75, 3.05) is 13.1 Å². The molecule has 2 aliphatic rings. The van der Waals surface area contributed by atoms with Crippen LogP contribution in [0.4, 0.5) is 0 Å². The molecule has 0 radical (unpaired) electrons. The predicted octanol–water partition coefficient (Wildman–Crippen LogP) is 2.56. The molecule has 3 atom stereocenters. The smallest absolute Gasteiger partial charge is 0.247 e. The van der Waals surface area contributed by atoms with Crippen molar-refractivity contribution in [2.45, 2.75) is 40.5 Å². The lowest BCUT2D eigenvalue weighted by Gasteiger charge is -2.18. The van der Waals surface area contributed by atoms with Crippen LogP contribution >= 0.6 is 0 Å². The Kier molecular flexibility index (Phi) is 4.22. The molecule has 114 valence electrons. The molecule has 0 aromatic carbocycles. The predicted molar refractivity (Wildman–Crippen MR) is 80.1 cm³/mol. The molecule has 21 heavy (non-hydrogen) atoms. The van der Waals surface area contributed by atoms with Gasteiger partial charge < -0.3 is 4.90 Å². The monoisotopic (exact) mass is 288 g/mol. The van der Waals surface area contributed by atoms with Crippen molar-refractivity contribution < 1.29 is 9.59 Å². The normalized spacial score (nSPS) is 27.7. The maximum atomic E-state index is 12.6. The molecule has 1 saturated carbocycles. The highest BCUT2D eigenvalue weighted by Crippen LogP contribution is 2.60. The van der Waals surface area contributed by atoms with E-state index < -0.39 is 5.92 Å². The number of hydrogen-bond donors (Lipinski definition) is 0. The zero-order valence-electron chi connectivity index (χ0n) is 13.3. The van der Waals surface area contributed by atoms with Crippen LogP contribution in [0.1, 0.15) is 40.5 Å². The third-order valence-corrected chi connectivity index (χ3v) is 4.81. The van der Waals surface area contributed by atoms with Gasteiger partial charge in [-0.15, -0.1) is 0 Å². The molecule has 0 aromatic rings. The van der Waals surface area contributed by atoms with E-state index in [1.54, 1.807) is 4.90 Å². The van der Waals surface area contributed by atoms with Crippen LogP contribution < -0.4 is 0 Å². The van der Waals surface area contributed by atoms with Crippen LogP contribution in [-0.2, 0) is 9.59 Å². The summed E-state index contributed by atoms with van der Waals surface area (Å²) < 4.78 is 0. The summed E-state index contributed by atoms with van der Waals surface area (Å²) in [6.07, 6.45) is 4.03. The van der Waals surface area contributed by atoms with Crippen molar-refractivity contribution in [3.63, 3.8) is 0 Å². The van der Waals surface area contributed by atoms with E-state index in [1.165, 1.54) is 5.57 Å². The Labute approximate surface area is 126 Å². The second-order valence-electron chi connectivity index (χ2n) is 7.07. The van der Waals surface area contributed by atoms with Gasteiger partial charge in [-0.05, 0) is 38.0 Å². The molecule has 0 spiro atoms. The molecule has 0 bridgehead atoms. The molecule has 4 nitrogen and oxygen atoms in total. The molecule has 0 aromatic heterocycles. The fraction of sp³-hybridized carbons (Fsp3) is 0.706. The number of amides is 1. The number of hydrogen-bond acceptors (Lipinski definition) is 3. The van der Waals surface area contributed by atoms with Gasteiger partial charge in [0.25, 0.3) is 0 Å². The van der Waals surface area contributed by atoms with Gasteiger partial charge in [0.15, 0.2) is 11.7 Å². The number of likely N-dealkylation sites (tertiary alicyclic amines) is 1. The van der Waals surface area contributed by atoms with Crippen molar-refractivity contribution in [3.8, 4) is 6.07 Å². The summed E-state index contributed by atoms with van der Waals surface area (Å²) in [6.45, 7) is 9.44. The van der Waals surface area contributed by atoms with Crippen LogP contribution in [0.3, 0.4) is 0 Å². The fourth-order valence-electron chi connectivity index (χ4n) is 3.43. The third-order valence-electron chi connectivity index (χ3n) is 4.81. The largest absolute Gasteiger partial charge is 0.341 e. The van der Waals surface area contributed by atoms with Gasteiger partial charge in [0.2, 0.25) is 5.91 Å². The number of ketones is 1. The minimum atomic E-state index is -1.12. The van der Waals surface area contributed by atoms with Crippen LogP contribution in [-0.4, -0.2) is 29.7 Å². The van der Waals surface area contributed by atoms with Crippen molar-refractivity contribution in [1.82, 2.24) is 4.90 Å². The highest BCUT2D eigenvalue weighted by Gasteiger charge is 2.62. The molecule has 1 saturated heterocycles. The maximum absolute atomic E-state index is 12.6. The Bertz CT molecular complexity index is 517. The lowest BCUT2D eigenvalue weighted by atomic mass is 9.96. The van der Waals surface area contributed by atoms with Gasteiger partial charge in [0, 0.05) is 19.0 Å². The Morgan fingerprint density at radius 1 is 1.29 bits per heavy atom. The van der Waals surface area contributed by atoms with Gasteiger partial charge in [0.05, 0.1) is 6.07 Å². The van der Waals surface area contributed by atoms with Gasteiger partial charge in [-0.2, -0.15) is 5.26 Å². The van der Waals surface area contributed by atoms with Crippen LogP contribution in [0.5, 0.6) is 0 Å². The van der Waals surface area contributed by atoms with E-state index in [4.69, 9.17) is 0 Å². The van der Waals surface area contributed by atoms with E-state index in [0.717, 1.165) is 12.8 Å². The summed E-state index contributed by atoms with van der Waals surface area (Å²) in [5.74, 6) is -1.66. The number of nitriles is 1. The average Bonchev–Trinajstić information content (AvgIpc) is 2.82. The molecule has 3 unspecified atom stereocenters. The van der Waals surface area contributed by atoms with Crippen molar-refractivity contribution in [3.05, 3.63) is 11.6 Å². The van der Waals surface area contributed by atoms with E-state index in [-0.39, 0.29) is 28.9 Å². The number of allylic oxidation sites excluding steroid dienone is 2. The first-order chi connectivity index (χ1) is 9.80. The molecule has 1 amide bonds. The first-order valence-corrected chi connectivity index (χ1v) is 7.68. The van der Waals surface area contributed by atoms with E-state index in [0.29, 0.717) is 13.1 Å². The van der Waals surface area contributed by atoms with E-state index in [1.807, 2.05) is 33.8 Å². The van der Waals surface area contributed by atoms with Gasteiger partial charge in [-0.1, -0.05) is 25.5 Å². The van der Waals surface area contributed by atoms with Gasteiger partial charge in [-0.25, -0.2) is 0 Å². The second-order valence-corrected chi connectivity index (χ2v) is 7.07. The van der Waals surface area contributed by atoms with E-state index in [9.17, 15) is 14.9 Å².